The molecule has 0 unspecified atom stereocenters. The van der Waals surface area contributed by atoms with Crippen molar-refractivity contribution in [3.05, 3.63) is 17.5 Å². The zero-order valence-corrected chi connectivity index (χ0v) is 14.2. The molecule has 0 saturated heterocycles. The molecule has 1 aliphatic rings. The van der Waals surface area contributed by atoms with Crippen LogP contribution in [0.3, 0.4) is 0 Å². The summed E-state index contributed by atoms with van der Waals surface area (Å²) in [6.45, 7) is 5.76. The Hall–Kier alpha value is -1.85. The van der Waals surface area contributed by atoms with Crippen LogP contribution in [0.25, 0.3) is 0 Å². The van der Waals surface area contributed by atoms with Crippen molar-refractivity contribution in [1.29, 1.82) is 0 Å². The average Bonchev–Trinajstić information content (AvgIpc) is 2.88. The fourth-order valence-corrected chi connectivity index (χ4v) is 3.27. The monoisotopic (exact) mass is 321 g/mol. The number of carbonyl (C=O) groups is 2. The van der Waals surface area contributed by atoms with Crippen molar-refractivity contribution in [2.24, 2.45) is 5.92 Å². The smallest absolute Gasteiger partial charge is 0.326 e. The van der Waals surface area contributed by atoms with Gasteiger partial charge < -0.3 is 10.4 Å². The second kappa shape index (κ2) is 7.62. The van der Waals surface area contributed by atoms with Crippen LogP contribution in [-0.4, -0.2) is 32.8 Å². The molecule has 128 valence electrons. The minimum atomic E-state index is -0.996. The van der Waals surface area contributed by atoms with Crippen LogP contribution in [0.2, 0.25) is 0 Å². The van der Waals surface area contributed by atoms with E-state index in [9.17, 15) is 14.7 Å². The van der Waals surface area contributed by atoms with E-state index in [1.807, 2.05) is 25.5 Å². The molecule has 2 rings (SSSR count). The lowest BCUT2D eigenvalue weighted by Crippen LogP contribution is -2.41. The van der Waals surface area contributed by atoms with Gasteiger partial charge in [-0.1, -0.05) is 33.1 Å². The van der Waals surface area contributed by atoms with Crippen molar-refractivity contribution in [1.82, 2.24) is 15.1 Å². The fraction of sp³-hybridized carbons (Fsp3) is 0.706. The highest BCUT2D eigenvalue weighted by Crippen LogP contribution is 2.29. The molecule has 1 saturated carbocycles. The van der Waals surface area contributed by atoms with Crippen molar-refractivity contribution in [3.63, 3.8) is 0 Å². The van der Waals surface area contributed by atoms with Crippen LogP contribution >= 0.6 is 0 Å². The molecular formula is C17H27N3O3. The molecule has 0 radical (unpaired) electrons. The quantitative estimate of drug-likeness (QED) is 0.843. The van der Waals surface area contributed by atoms with E-state index in [0.29, 0.717) is 18.0 Å². The Morgan fingerprint density at radius 2 is 2.00 bits per heavy atom. The largest absolute Gasteiger partial charge is 0.480 e. The fourth-order valence-electron chi connectivity index (χ4n) is 3.27. The van der Waals surface area contributed by atoms with E-state index >= 15 is 0 Å². The Bertz CT molecular complexity index is 559. The van der Waals surface area contributed by atoms with Crippen LogP contribution in [0, 0.1) is 12.8 Å². The highest BCUT2D eigenvalue weighted by atomic mass is 16.4. The van der Waals surface area contributed by atoms with Gasteiger partial charge in [0.15, 0.2) is 0 Å². The molecule has 0 spiro atoms. The van der Waals surface area contributed by atoms with E-state index in [1.165, 1.54) is 19.3 Å². The van der Waals surface area contributed by atoms with E-state index < -0.39 is 12.0 Å². The van der Waals surface area contributed by atoms with Gasteiger partial charge in [-0.25, -0.2) is 4.79 Å². The predicted octanol–water partition coefficient (Wildman–Crippen LogP) is 2.93. The maximum atomic E-state index is 12.4. The van der Waals surface area contributed by atoms with Crippen molar-refractivity contribution in [3.8, 4) is 0 Å². The third-order valence-corrected chi connectivity index (χ3v) is 4.52. The molecule has 1 aromatic rings. The number of carboxylic acid groups (broad SMARTS) is 1. The summed E-state index contributed by atoms with van der Waals surface area (Å²) < 4.78 is 1.94. The van der Waals surface area contributed by atoms with Crippen molar-refractivity contribution >= 4 is 11.9 Å². The van der Waals surface area contributed by atoms with Crippen LogP contribution in [0.5, 0.6) is 0 Å². The lowest BCUT2D eigenvalue weighted by molar-refractivity contribution is -0.139. The number of amides is 1. The van der Waals surface area contributed by atoms with E-state index in [4.69, 9.17) is 0 Å². The summed E-state index contributed by atoms with van der Waals surface area (Å²) in [4.78, 5) is 23.7. The lowest BCUT2D eigenvalue weighted by Gasteiger charge is -2.23. The molecule has 23 heavy (non-hydrogen) atoms. The normalized spacial score (nSPS) is 17.2. The van der Waals surface area contributed by atoms with Gasteiger partial charge in [0.2, 0.25) is 0 Å². The Labute approximate surface area is 137 Å². The molecule has 1 aliphatic carbocycles. The highest BCUT2D eigenvalue weighted by Gasteiger charge is 2.25. The first kappa shape index (κ1) is 17.5. The zero-order chi connectivity index (χ0) is 17.0. The molecule has 1 heterocycles. The molecule has 0 aliphatic heterocycles. The van der Waals surface area contributed by atoms with Gasteiger partial charge in [0.1, 0.15) is 6.04 Å². The summed E-state index contributed by atoms with van der Waals surface area (Å²) >= 11 is 0. The lowest BCUT2D eigenvalue weighted by atomic mass is 9.95. The van der Waals surface area contributed by atoms with Gasteiger partial charge in [0.05, 0.1) is 17.8 Å². The number of hydrogen-bond donors (Lipinski definition) is 2. The summed E-state index contributed by atoms with van der Waals surface area (Å²) in [7, 11) is 0. The maximum absolute atomic E-state index is 12.4. The number of carboxylic acids is 1. The van der Waals surface area contributed by atoms with Gasteiger partial charge in [-0.2, -0.15) is 5.10 Å². The zero-order valence-electron chi connectivity index (χ0n) is 14.2. The third-order valence-electron chi connectivity index (χ3n) is 4.52. The Balaban J connectivity index is 2.10. The van der Waals surface area contributed by atoms with Gasteiger partial charge >= 0.3 is 5.97 Å². The number of nitrogens with one attached hydrogen (secondary N) is 1. The molecule has 1 aromatic heterocycles. The second-order valence-electron chi connectivity index (χ2n) is 6.87. The number of carbonyl (C=O) groups excluding carboxylic acids is 1. The molecule has 0 bridgehead atoms. The van der Waals surface area contributed by atoms with Crippen LogP contribution < -0.4 is 5.32 Å². The Morgan fingerprint density at radius 1 is 1.35 bits per heavy atom. The van der Waals surface area contributed by atoms with Gasteiger partial charge in [-0.05, 0) is 32.1 Å². The van der Waals surface area contributed by atoms with Crippen LogP contribution in [0.4, 0.5) is 0 Å². The second-order valence-corrected chi connectivity index (χ2v) is 6.87. The first-order valence-electron chi connectivity index (χ1n) is 8.48. The van der Waals surface area contributed by atoms with E-state index in [-0.39, 0.29) is 11.8 Å². The van der Waals surface area contributed by atoms with E-state index in [2.05, 4.69) is 10.4 Å². The molecule has 0 aromatic carbocycles. The average molecular weight is 321 g/mol. The van der Waals surface area contributed by atoms with Crippen LogP contribution in [-0.2, 0) is 4.79 Å². The van der Waals surface area contributed by atoms with E-state index in [0.717, 1.165) is 18.5 Å². The van der Waals surface area contributed by atoms with Crippen molar-refractivity contribution in [2.75, 3.05) is 0 Å². The summed E-state index contributed by atoms with van der Waals surface area (Å²) in [6, 6.07) is -0.504. The Kier molecular flexibility index (Phi) is 5.80. The SMILES string of the molecule is Cc1c(C(=O)N[C@@H](CC(C)C)C(=O)O)cnn1C1CCCCC1. The summed E-state index contributed by atoms with van der Waals surface area (Å²) in [5, 5.41) is 16.3. The molecule has 6 heteroatoms. The maximum Gasteiger partial charge on any atom is 0.326 e. The Morgan fingerprint density at radius 3 is 2.57 bits per heavy atom. The third kappa shape index (κ3) is 4.33. The molecule has 6 nitrogen and oxygen atoms in total. The summed E-state index contributed by atoms with van der Waals surface area (Å²) in [5.74, 6) is -1.15. The predicted molar refractivity (Wildman–Crippen MR) is 87.4 cm³/mol. The van der Waals surface area contributed by atoms with Gasteiger partial charge in [0.25, 0.3) is 5.91 Å². The molecule has 2 N–H and O–H groups in total. The molecular weight excluding hydrogens is 294 g/mol. The highest BCUT2D eigenvalue weighted by molar-refractivity contribution is 5.97. The van der Waals surface area contributed by atoms with E-state index in [1.54, 1.807) is 6.20 Å². The first-order valence-corrected chi connectivity index (χ1v) is 8.48. The van der Waals surface area contributed by atoms with Crippen LogP contribution in [0.1, 0.15) is 74.5 Å². The van der Waals surface area contributed by atoms with Gasteiger partial charge in [-0.3, -0.25) is 9.48 Å². The number of nitrogens with zero attached hydrogens (tertiary/aromatic N) is 2. The number of hydrogen-bond acceptors (Lipinski definition) is 3. The summed E-state index contributed by atoms with van der Waals surface area (Å²) in [6.07, 6.45) is 7.81. The van der Waals surface area contributed by atoms with Gasteiger partial charge in [0, 0.05) is 5.69 Å². The minimum absolute atomic E-state index is 0.197. The first-order chi connectivity index (χ1) is 10.9. The number of rotatable bonds is 6. The van der Waals surface area contributed by atoms with Crippen molar-refractivity contribution in [2.45, 2.75) is 71.4 Å². The number of aliphatic carboxylic acids is 1. The molecule has 1 atom stereocenters. The van der Waals surface area contributed by atoms with Crippen LogP contribution in [0.15, 0.2) is 6.20 Å². The minimum Gasteiger partial charge on any atom is -0.480 e. The van der Waals surface area contributed by atoms with Gasteiger partial charge in [-0.15, -0.1) is 0 Å². The summed E-state index contributed by atoms with van der Waals surface area (Å²) in [5.41, 5.74) is 1.30. The molecule has 1 amide bonds. The standard InChI is InChI=1S/C17H27N3O3/c1-11(2)9-15(17(22)23)19-16(21)14-10-18-20(12(14)3)13-7-5-4-6-8-13/h10-11,13,15H,4-9H2,1-3H3,(H,19,21)(H,22,23)/t15-/m0/s1. The molecule has 1 fully saturated rings. The number of aromatic nitrogens is 2. The van der Waals surface area contributed by atoms with Crippen molar-refractivity contribution < 1.29 is 14.7 Å². The topological polar surface area (TPSA) is 84.2 Å².